The van der Waals surface area contributed by atoms with Gasteiger partial charge in [-0.2, -0.15) is 0 Å². The quantitative estimate of drug-likeness (QED) is 0.544. The van der Waals surface area contributed by atoms with E-state index in [0.717, 1.165) is 12.8 Å². The molecule has 1 fully saturated rings. The summed E-state index contributed by atoms with van der Waals surface area (Å²) in [5.41, 5.74) is -0.661. The summed E-state index contributed by atoms with van der Waals surface area (Å²) in [6.45, 7) is 3.21. The summed E-state index contributed by atoms with van der Waals surface area (Å²) in [7, 11) is 0. The van der Waals surface area contributed by atoms with Gasteiger partial charge in [-0.05, 0) is 19.8 Å². The topological polar surface area (TPSA) is 49.3 Å². The first-order chi connectivity index (χ1) is 4.52. The van der Waals surface area contributed by atoms with Crippen LogP contribution >= 0.6 is 0 Å². The first-order valence-corrected chi connectivity index (χ1v) is 3.52. The fraction of sp³-hybridized carbons (Fsp3) is 0.857. The zero-order valence-electron chi connectivity index (χ0n) is 6.35. The van der Waals surface area contributed by atoms with Crippen LogP contribution in [0.15, 0.2) is 0 Å². The lowest BCUT2D eigenvalue weighted by atomic mass is 9.76. The zero-order valence-corrected chi connectivity index (χ0v) is 6.35. The van der Waals surface area contributed by atoms with Crippen molar-refractivity contribution in [3.8, 4) is 0 Å². The van der Waals surface area contributed by atoms with Crippen molar-refractivity contribution in [1.29, 1.82) is 0 Å². The summed E-state index contributed by atoms with van der Waals surface area (Å²) in [5.74, 6) is -0.0648. The van der Waals surface area contributed by atoms with Crippen molar-refractivity contribution in [2.75, 3.05) is 0 Å². The van der Waals surface area contributed by atoms with Crippen LogP contribution in [-0.2, 0) is 4.79 Å². The van der Waals surface area contributed by atoms with Crippen molar-refractivity contribution in [1.82, 2.24) is 5.32 Å². The molecule has 58 valence electrons. The summed E-state index contributed by atoms with van der Waals surface area (Å²) in [4.78, 5) is 10.5. The number of hydrogen-bond acceptors (Lipinski definition) is 2. The molecule has 1 saturated carbocycles. The average molecular weight is 143 g/mol. The normalized spacial score (nSPS) is 38.5. The van der Waals surface area contributed by atoms with Gasteiger partial charge < -0.3 is 10.4 Å². The third kappa shape index (κ3) is 1.29. The first kappa shape index (κ1) is 7.54. The van der Waals surface area contributed by atoms with Gasteiger partial charge in [-0.1, -0.05) is 0 Å². The Bertz CT molecular complexity index is 154. The Morgan fingerprint density at radius 1 is 1.80 bits per heavy atom. The molecule has 1 amide bonds. The maximum absolute atomic E-state index is 10.5. The van der Waals surface area contributed by atoms with Crippen LogP contribution in [0, 0.1) is 0 Å². The number of carbonyl (C=O) groups is 1. The van der Waals surface area contributed by atoms with Crippen molar-refractivity contribution in [2.45, 2.75) is 38.3 Å². The maximum atomic E-state index is 10.5. The van der Waals surface area contributed by atoms with Crippen molar-refractivity contribution in [3.63, 3.8) is 0 Å². The maximum Gasteiger partial charge on any atom is 0.217 e. The van der Waals surface area contributed by atoms with E-state index in [2.05, 4.69) is 5.32 Å². The fourth-order valence-electron chi connectivity index (χ4n) is 1.18. The van der Waals surface area contributed by atoms with E-state index >= 15 is 0 Å². The predicted octanol–water partition coefficient (Wildman–Crippen LogP) is 0.0359. The molecule has 2 N–H and O–H groups in total. The SMILES string of the molecule is CC(=O)N[C@@H]1CC[C@]1(C)O. The highest BCUT2D eigenvalue weighted by Crippen LogP contribution is 2.31. The second-order valence-corrected chi connectivity index (χ2v) is 3.15. The number of hydrogen-bond donors (Lipinski definition) is 2. The Morgan fingerprint density at radius 2 is 2.40 bits per heavy atom. The van der Waals surface area contributed by atoms with E-state index in [4.69, 9.17) is 0 Å². The Hall–Kier alpha value is -0.570. The minimum atomic E-state index is -0.661. The van der Waals surface area contributed by atoms with Crippen molar-refractivity contribution < 1.29 is 9.90 Å². The third-order valence-electron chi connectivity index (χ3n) is 2.07. The highest BCUT2D eigenvalue weighted by molar-refractivity contribution is 5.73. The van der Waals surface area contributed by atoms with E-state index in [9.17, 15) is 9.90 Å². The molecule has 1 aliphatic rings. The minimum absolute atomic E-state index is 0.0231. The molecule has 2 atom stereocenters. The van der Waals surface area contributed by atoms with E-state index < -0.39 is 5.60 Å². The number of rotatable bonds is 1. The zero-order chi connectivity index (χ0) is 7.78. The van der Waals surface area contributed by atoms with Gasteiger partial charge in [0.1, 0.15) is 0 Å². The molecule has 0 saturated heterocycles. The molecule has 0 aromatic rings. The van der Waals surface area contributed by atoms with Gasteiger partial charge in [0.25, 0.3) is 0 Å². The Labute approximate surface area is 60.4 Å². The smallest absolute Gasteiger partial charge is 0.217 e. The summed E-state index contributed by atoms with van der Waals surface area (Å²) in [5, 5.41) is 12.1. The third-order valence-corrected chi connectivity index (χ3v) is 2.07. The number of aliphatic hydroxyl groups is 1. The molecule has 1 aliphatic carbocycles. The Morgan fingerprint density at radius 3 is 2.50 bits per heavy atom. The Kier molecular flexibility index (Phi) is 1.68. The second-order valence-electron chi connectivity index (χ2n) is 3.15. The monoisotopic (exact) mass is 143 g/mol. The van der Waals surface area contributed by atoms with Crippen LogP contribution in [0.5, 0.6) is 0 Å². The van der Waals surface area contributed by atoms with Gasteiger partial charge in [-0.3, -0.25) is 4.79 Å². The lowest BCUT2D eigenvalue weighted by Crippen LogP contribution is -2.58. The van der Waals surface area contributed by atoms with Gasteiger partial charge >= 0.3 is 0 Å². The van der Waals surface area contributed by atoms with Crippen LogP contribution < -0.4 is 5.32 Å². The molecule has 0 aromatic heterocycles. The summed E-state index contributed by atoms with van der Waals surface area (Å²) in [6, 6.07) is -0.0231. The first-order valence-electron chi connectivity index (χ1n) is 3.52. The molecule has 3 nitrogen and oxygen atoms in total. The summed E-state index contributed by atoms with van der Waals surface area (Å²) >= 11 is 0. The fourth-order valence-corrected chi connectivity index (χ4v) is 1.18. The van der Waals surface area contributed by atoms with Crippen LogP contribution in [0.25, 0.3) is 0 Å². The molecule has 0 aliphatic heterocycles. The van der Waals surface area contributed by atoms with Crippen LogP contribution in [0.1, 0.15) is 26.7 Å². The largest absolute Gasteiger partial charge is 0.388 e. The molecule has 0 bridgehead atoms. The molecule has 3 heteroatoms. The van der Waals surface area contributed by atoms with E-state index in [0.29, 0.717) is 0 Å². The highest BCUT2D eigenvalue weighted by atomic mass is 16.3. The Balaban J connectivity index is 2.37. The van der Waals surface area contributed by atoms with E-state index in [1.807, 2.05) is 0 Å². The molecule has 10 heavy (non-hydrogen) atoms. The van der Waals surface area contributed by atoms with Crippen LogP contribution in [0.3, 0.4) is 0 Å². The minimum Gasteiger partial charge on any atom is -0.388 e. The van der Waals surface area contributed by atoms with Crippen molar-refractivity contribution >= 4 is 5.91 Å². The standard InChI is InChI=1S/C7H13NO2/c1-5(9)8-6-3-4-7(6,2)10/h6,10H,3-4H2,1-2H3,(H,8,9)/t6-,7+/m1/s1. The molecule has 0 spiro atoms. The van der Waals surface area contributed by atoms with Crippen molar-refractivity contribution in [2.24, 2.45) is 0 Å². The second kappa shape index (κ2) is 2.23. The van der Waals surface area contributed by atoms with Crippen LogP contribution in [0.4, 0.5) is 0 Å². The van der Waals surface area contributed by atoms with Gasteiger partial charge in [0, 0.05) is 6.92 Å². The molecule has 0 unspecified atom stereocenters. The van der Waals surface area contributed by atoms with E-state index in [-0.39, 0.29) is 11.9 Å². The molecular formula is C7H13NO2. The average Bonchev–Trinajstić information content (AvgIpc) is 1.81. The molecule has 0 radical (unpaired) electrons. The van der Waals surface area contributed by atoms with Crippen LogP contribution in [-0.4, -0.2) is 22.7 Å². The number of amides is 1. The van der Waals surface area contributed by atoms with E-state index in [1.54, 1.807) is 6.92 Å². The van der Waals surface area contributed by atoms with Gasteiger partial charge in [-0.15, -0.1) is 0 Å². The van der Waals surface area contributed by atoms with Gasteiger partial charge in [0.2, 0.25) is 5.91 Å². The van der Waals surface area contributed by atoms with Gasteiger partial charge in [-0.25, -0.2) is 0 Å². The molecule has 0 aromatic carbocycles. The predicted molar refractivity (Wildman–Crippen MR) is 37.5 cm³/mol. The highest BCUT2D eigenvalue weighted by Gasteiger charge is 2.41. The number of carbonyl (C=O) groups excluding carboxylic acids is 1. The van der Waals surface area contributed by atoms with Gasteiger partial charge in [0.15, 0.2) is 0 Å². The van der Waals surface area contributed by atoms with E-state index in [1.165, 1.54) is 6.92 Å². The lowest BCUT2D eigenvalue weighted by molar-refractivity contribution is -0.125. The summed E-state index contributed by atoms with van der Waals surface area (Å²) < 4.78 is 0. The van der Waals surface area contributed by atoms with Crippen LogP contribution in [0.2, 0.25) is 0 Å². The molecular weight excluding hydrogens is 130 g/mol. The molecule has 1 rings (SSSR count). The molecule has 0 heterocycles. The lowest BCUT2D eigenvalue weighted by Gasteiger charge is -2.42. The van der Waals surface area contributed by atoms with Crippen molar-refractivity contribution in [3.05, 3.63) is 0 Å². The summed E-state index contributed by atoms with van der Waals surface area (Å²) in [6.07, 6.45) is 1.69. The number of nitrogens with one attached hydrogen (secondary N) is 1. The van der Waals surface area contributed by atoms with Gasteiger partial charge in [0.05, 0.1) is 11.6 Å².